The molecule has 0 aliphatic carbocycles. The van der Waals surface area contributed by atoms with Crippen LogP contribution in [0.4, 0.5) is 0 Å². The van der Waals surface area contributed by atoms with E-state index in [-0.39, 0.29) is 0 Å². The molecule has 1 aromatic heterocycles. The van der Waals surface area contributed by atoms with Gasteiger partial charge in [-0.15, -0.1) is 0 Å². The van der Waals surface area contributed by atoms with Gasteiger partial charge in [0.15, 0.2) is 0 Å². The average molecular weight is 281 g/mol. The van der Waals surface area contributed by atoms with E-state index in [4.69, 9.17) is 14.0 Å². The largest absolute Gasteiger partial charge is 0.381 e. The molecule has 2 aliphatic heterocycles. The van der Waals surface area contributed by atoms with Crippen LogP contribution in [0.1, 0.15) is 37.9 Å². The first-order valence-corrected chi connectivity index (χ1v) is 7.58. The molecule has 0 aromatic carbocycles. The van der Waals surface area contributed by atoms with E-state index in [0.29, 0.717) is 31.6 Å². The van der Waals surface area contributed by atoms with E-state index in [1.807, 2.05) is 6.92 Å². The zero-order chi connectivity index (χ0) is 13.8. The minimum Gasteiger partial charge on any atom is -0.381 e. The quantitative estimate of drug-likeness (QED) is 0.876. The van der Waals surface area contributed by atoms with Crippen LogP contribution in [-0.2, 0) is 21.5 Å². The number of nitrogens with zero attached hydrogens (tertiary/aromatic N) is 2. The smallest absolute Gasteiger partial charge is 0.227 e. The summed E-state index contributed by atoms with van der Waals surface area (Å²) < 4.78 is 16.8. The molecular weight excluding hydrogens is 258 g/mol. The number of ether oxygens (including phenoxy) is 2. The van der Waals surface area contributed by atoms with Gasteiger partial charge >= 0.3 is 0 Å². The molecule has 3 heterocycles. The lowest BCUT2D eigenvalue weighted by Crippen LogP contribution is -2.37. The van der Waals surface area contributed by atoms with E-state index < -0.39 is 5.60 Å². The van der Waals surface area contributed by atoms with E-state index in [9.17, 15) is 0 Å². The number of rotatable bonds is 5. The summed E-state index contributed by atoms with van der Waals surface area (Å²) in [6.45, 7) is 6.17. The van der Waals surface area contributed by atoms with Crippen LogP contribution in [0.3, 0.4) is 0 Å². The Bertz CT molecular complexity index is 418. The molecule has 0 amide bonds. The van der Waals surface area contributed by atoms with E-state index in [1.54, 1.807) is 0 Å². The average Bonchev–Trinajstić information content (AvgIpc) is 3.13. The molecule has 6 heteroatoms. The first-order valence-electron chi connectivity index (χ1n) is 7.58. The Morgan fingerprint density at radius 3 is 2.95 bits per heavy atom. The topological polar surface area (TPSA) is 69.4 Å². The van der Waals surface area contributed by atoms with Gasteiger partial charge in [0.25, 0.3) is 0 Å². The third-order valence-corrected chi connectivity index (χ3v) is 4.22. The summed E-state index contributed by atoms with van der Waals surface area (Å²) in [6, 6.07) is 0. The van der Waals surface area contributed by atoms with Crippen molar-refractivity contribution in [2.75, 3.05) is 32.9 Å². The second kappa shape index (κ2) is 6.20. The molecule has 1 unspecified atom stereocenters. The lowest BCUT2D eigenvalue weighted by Gasteiger charge is -2.33. The molecule has 112 valence electrons. The van der Waals surface area contributed by atoms with Gasteiger partial charge < -0.3 is 19.3 Å². The Balaban J connectivity index is 1.72. The SMILES string of the molecule is CCOC1(c2noc(CC3CCNC3)n2)CCOCC1. The summed E-state index contributed by atoms with van der Waals surface area (Å²) in [7, 11) is 0. The van der Waals surface area contributed by atoms with Crippen molar-refractivity contribution >= 4 is 0 Å². The van der Waals surface area contributed by atoms with Crippen LogP contribution < -0.4 is 5.32 Å². The number of hydrogen-bond acceptors (Lipinski definition) is 6. The fourth-order valence-corrected chi connectivity index (χ4v) is 3.07. The third-order valence-electron chi connectivity index (χ3n) is 4.22. The summed E-state index contributed by atoms with van der Waals surface area (Å²) in [5, 5.41) is 7.55. The van der Waals surface area contributed by atoms with Crippen LogP contribution in [0.2, 0.25) is 0 Å². The van der Waals surface area contributed by atoms with Crippen LogP contribution >= 0.6 is 0 Å². The van der Waals surface area contributed by atoms with Crippen LogP contribution in [0.5, 0.6) is 0 Å². The Labute approximate surface area is 119 Å². The van der Waals surface area contributed by atoms with Gasteiger partial charge in [-0.3, -0.25) is 0 Å². The van der Waals surface area contributed by atoms with Gasteiger partial charge in [0.1, 0.15) is 5.60 Å². The zero-order valence-corrected chi connectivity index (χ0v) is 12.1. The van der Waals surface area contributed by atoms with Crippen molar-refractivity contribution in [2.45, 2.75) is 38.2 Å². The first kappa shape index (κ1) is 14.0. The molecule has 2 fully saturated rings. The van der Waals surface area contributed by atoms with Crippen LogP contribution in [0, 0.1) is 5.92 Å². The van der Waals surface area contributed by atoms with Crippen molar-refractivity contribution in [1.29, 1.82) is 0 Å². The Hall–Kier alpha value is -0.980. The minimum absolute atomic E-state index is 0.414. The van der Waals surface area contributed by atoms with E-state index in [2.05, 4.69) is 15.5 Å². The standard InChI is InChI=1S/C14H23N3O3/c1-2-19-14(4-7-18-8-5-14)13-16-12(20-17-13)9-11-3-6-15-10-11/h11,15H,2-10H2,1H3. The maximum absolute atomic E-state index is 5.96. The molecule has 0 spiro atoms. The molecular formula is C14H23N3O3. The Morgan fingerprint density at radius 1 is 1.40 bits per heavy atom. The van der Waals surface area contributed by atoms with Crippen LogP contribution in [0.15, 0.2) is 4.52 Å². The lowest BCUT2D eigenvalue weighted by molar-refractivity contribution is -0.118. The maximum atomic E-state index is 5.96. The Morgan fingerprint density at radius 2 is 2.25 bits per heavy atom. The molecule has 3 rings (SSSR count). The number of hydrogen-bond donors (Lipinski definition) is 1. The minimum atomic E-state index is -0.414. The van der Waals surface area contributed by atoms with E-state index in [0.717, 1.165) is 38.2 Å². The molecule has 0 saturated carbocycles. The van der Waals surface area contributed by atoms with E-state index >= 15 is 0 Å². The molecule has 6 nitrogen and oxygen atoms in total. The highest BCUT2D eigenvalue weighted by Crippen LogP contribution is 2.34. The number of aromatic nitrogens is 2. The van der Waals surface area contributed by atoms with Crippen molar-refractivity contribution in [3.63, 3.8) is 0 Å². The predicted molar refractivity (Wildman–Crippen MR) is 72.3 cm³/mol. The normalized spacial score (nSPS) is 25.9. The van der Waals surface area contributed by atoms with Gasteiger partial charge in [-0.2, -0.15) is 4.98 Å². The van der Waals surface area contributed by atoms with Crippen molar-refractivity contribution in [3.8, 4) is 0 Å². The highest BCUT2D eigenvalue weighted by atomic mass is 16.5. The lowest BCUT2D eigenvalue weighted by atomic mass is 9.93. The molecule has 20 heavy (non-hydrogen) atoms. The summed E-state index contributed by atoms with van der Waals surface area (Å²) in [5.74, 6) is 2.05. The van der Waals surface area contributed by atoms with Gasteiger partial charge in [-0.1, -0.05) is 5.16 Å². The van der Waals surface area contributed by atoms with Crippen molar-refractivity contribution in [2.24, 2.45) is 5.92 Å². The molecule has 2 aliphatic rings. The molecule has 2 saturated heterocycles. The second-order valence-electron chi connectivity index (χ2n) is 5.61. The van der Waals surface area contributed by atoms with Gasteiger partial charge in [0.2, 0.25) is 11.7 Å². The highest BCUT2D eigenvalue weighted by Gasteiger charge is 2.40. The first-order chi connectivity index (χ1) is 9.82. The maximum Gasteiger partial charge on any atom is 0.227 e. The monoisotopic (exact) mass is 281 g/mol. The summed E-state index contributed by atoms with van der Waals surface area (Å²) >= 11 is 0. The third kappa shape index (κ3) is 2.87. The fourth-order valence-electron chi connectivity index (χ4n) is 3.07. The van der Waals surface area contributed by atoms with Gasteiger partial charge in [0.05, 0.1) is 0 Å². The van der Waals surface area contributed by atoms with Crippen molar-refractivity contribution in [3.05, 3.63) is 11.7 Å². The molecule has 1 N–H and O–H groups in total. The van der Waals surface area contributed by atoms with Gasteiger partial charge in [-0.05, 0) is 32.4 Å². The van der Waals surface area contributed by atoms with Crippen molar-refractivity contribution in [1.82, 2.24) is 15.5 Å². The number of nitrogens with one attached hydrogen (secondary N) is 1. The Kier molecular flexibility index (Phi) is 4.33. The zero-order valence-electron chi connectivity index (χ0n) is 12.1. The van der Waals surface area contributed by atoms with Gasteiger partial charge in [0, 0.05) is 39.1 Å². The fraction of sp³-hybridized carbons (Fsp3) is 0.857. The van der Waals surface area contributed by atoms with Crippen LogP contribution in [0.25, 0.3) is 0 Å². The predicted octanol–water partition coefficient (Wildman–Crippen LogP) is 1.26. The molecule has 0 radical (unpaired) electrons. The molecule has 1 atom stereocenters. The van der Waals surface area contributed by atoms with Crippen LogP contribution in [-0.4, -0.2) is 43.1 Å². The summed E-state index contributed by atoms with van der Waals surface area (Å²) in [5.41, 5.74) is -0.414. The van der Waals surface area contributed by atoms with E-state index in [1.165, 1.54) is 6.42 Å². The van der Waals surface area contributed by atoms with Gasteiger partial charge in [-0.25, -0.2) is 0 Å². The van der Waals surface area contributed by atoms with Crippen molar-refractivity contribution < 1.29 is 14.0 Å². The molecule has 0 bridgehead atoms. The summed E-state index contributed by atoms with van der Waals surface area (Å²) in [6.07, 6.45) is 3.64. The highest BCUT2D eigenvalue weighted by molar-refractivity contribution is 5.03. The second-order valence-corrected chi connectivity index (χ2v) is 5.61. The molecule has 1 aromatic rings. The summed E-state index contributed by atoms with van der Waals surface area (Å²) in [4.78, 5) is 4.60.